The highest BCUT2D eigenvalue weighted by Crippen LogP contribution is 2.27. The first-order valence-corrected chi connectivity index (χ1v) is 6.84. The fraction of sp³-hybridized carbons (Fsp3) is 0.385. The number of carbonyl (C=O) groups is 2. The minimum Gasteiger partial charge on any atom is -0.341 e. The van der Waals surface area contributed by atoms with E-state index in [1.165, 1.54) is 7.05 Å². The molecule has 0 unspecified atom stereocenters. The predicted molar refractivity (Wildman–Crippen MR) is 76.3 cm³/mol. The van der Waals surface area contributed by atoms with Gasteiger partial charge in [0.05, 0.1) is 10.8 Å². The van der Waals surface area contributed by atoms with Crippen molar-refractivity contribution in [2.24, 2.45) is 0 Å². The van der Waals surface area contributed by atoms with Crippen LogP contribution in [0.2, 0.25) is 0 Å². The number of urea groups is 1. The average Bonchev–Trinajstić information content (AvgIpc) is 2.37. The summed E-state index contributed by atoms with van der Waals surface area (Å²) in [4.78, 5) is 27.2. The van der Waals surface area contributed by atoms with Gasteiger partial charge in [-0.05, 0) is 32.4 Å². The summed E-state index contributed by atoms with van der Waals surface area (Å²) in [5.74, 6) is -0.431. The number of aromatic nitrogens is 1. The van der Waals surface area contributed by atoms with Crippen molar-refractivity contribution in [3.05, 3.63) is 22.9 Å². The summed E-state index contributed by atoms with van der Waals surface area (Å²) in [5.41, 5.74) is 2.06. The number of hydrogen-bond donors (Lipinski definition) is 2. The first-order valence-electron chi connectivity index (χ1n) is 5.96. The molecule has 2 N–H and O–H groups in total. The second kappa shape index (κ2) is 6.91. The van der Waals surface area contributed by atoms with E-state index in [1.54, 1.807) is 6.92 Å². The number of thioether (sulfide) groups is 1. The molecule has 106 valence electrons. The van der Waals surface area contributed by atoms with Crippen molar-refractivity contribution in [1.82, 2.24) is 15.6 Å². The third-order valence-corrected chi connectivity index (χ3v) is 3.63. The maximum Gasteiger partial charge on any atom is 0.321 e. The van der Waals surface area contributed by atoms with E-state index in [0.29, 0.717) is 10.6 Å². The molecular weight excluding hydrogens is 276 g/mol. The minimum absolute atomic E-state index is 0.431. The Morgan fingerprint density at radius 3 is 2.65 bits per heavy atom. The summed E-state index contributed by atoms with van der Waals surface area (Å²) >= 11 is 1.16. The Morgan fingerprint density at radius 1 is 1.45 bits per heavy atom. The molecule has 0 spiro atoms. The second-order valence-corrected chi connectivity index (χ2v) is 5.53. The van der Waals surface area contributed by atoms with Crippen LogP contribution < -0.4 is 10.6 Å². The van der Waals surface area contributed by atoms with E-state index < -0.39 is 17.2 Å². The van der Waals surface area contributed by atoms with Gasteiger partial charge in [0.1, 0.15) is 11.1 Å². The Labute approximate surface area is 122 Å². The third-order valence-electron chi connectivity index (χ3n) is 2.54. The minimum atomic E-state index is -0.559. The average molecular weight is 292 g/mol. The fourth-order valence-electron chi connectivity index (χ4n) is 1.52. The lowest BCUT2D eigenvalue weighted by Gasteiger charge is -2.12. The zero-order chi connectivity index (χ0) is 15.3. The summed E-state index contributed by atoms with van der Waals surface area (Å²) in [6.07, 6.45) is 0. The number of nitrogens with zero attached hydrogens (tertiary/aromatic N) is 2. The number of nitrogens with one attached hydrogen (secondary N) is 2. The number of imide groups is 1. The summed E-state index contributed by atoms with van der Waals surface area (Å²) in [6.45, 7) is 5.31. The van der Waals surface area contributed by atoms with Gasteiger partial charge in [0.2, 0.25) is 5.91 Å². The Hall–Kier alpha value is -2.07. The number of carbonyl (C=O) groups excluding carboxylic acids is 2. The van der Waals surface area contributed by atoms with Crippen LogP contribution in [0.5, 0.6) is 0 Å². The Balaban J connectivity index is 2.91. The van der Waals surface area contributed by atoms with Gasteiger partial charge >= 0.3 is 6.03 Å². The van der Waals surface area contributed by atoms with Crippen molar-refractivity contribution >= 4 is 23.7 Å². The van der Waals surface area contributed by atoms with E-state index in [4.69, 9.17) is 5.26 Å². The van der Waals surface area contributed by atoms with Crippen LogP contribution in [0, 0.1) is 25.2 Å². The van der Waals surface area contributed by atoms with E-state index in [2.05, 4.69) is 21.7 Å². The Morgan fingerprint density at radius 2 is 2.10 bits per heavy atom. The maximum atomic E-state index is 11.8. The van der Waals surface area contributed by atoms with Crippen LogP contribution in [-0.4, -0.2) is 29.2 Å². The standard InChI is InChI=1S/C13H16N4O2S/c1-7-5-8(2)16-12(10(7)6-14)20-9(3)11(18)17-13(19)15-4/h5,9H,1-4H3,(H2,15,17,18,19)/t9-/m1/s1. The molecule has 0 aliphatic rings. The molecule has 0 saturated carbocycles. The van der Waals surface area contributed by atoms with Gasteiger partial charge in [0.15, 0.2) is 0 Å². The van der Waals surface area contributed by atoms with E-state index in [-0.39, 0.29) is 0 Å². The molecule has 1 atom stereocenters. The van der Waals surface area contributed by atoms with Crippen molar-refractivity contribution in [3.8, 4) is 6.07 Å². The summed E-state index contributed by atoms with van der Waals surface area (Å²) in [6, 6.07) is 3.35. The largest absolute Gasteiger partial charge is 0.341 e. The molecule has 0 saturated heterocycles. The van der Waals surface area contributed by atoms with Crippen LogP contribution in [0.1, 0.15) is 23.7 Å². The van der Waals surface area contributed by atoms with Gasteiger partial charge in [-0.25, -0.2) is 9.78 Å². The van der Waals surface area contributed by atoms with Crippen LogP contribution in [0.15, 0.2) is 11.1 Å². The molecule has 1 heterocycles. The molecule has 0 radical (unpaired) electrons. The van der Waals surface area contributed by atoms with Crippen LogP contribution in [0.4, 0.5) is 4.79 Å². The first kappa shape index (κ1) is 16.0. The lowest BCUT2D eigenvalue weighted by Crippen LogP contribution is -2.41. The van der Waals surface area contributed by atoms with Gasteiger partial charge in [0.25, 0.3) is 0 Å². The van der Waals surface area contributed by atoms with Crippen LogP contribution >= 0.6 is 11.8 Å². The Kier molecular flexibility index (Phi) is 5.53. The molecule has 6 nitrogen and oxygen atoms in total. The normalized spacial score (nSPS) is 11.3. The summed E-state index contributed by atoms with van der Waals surface area (Å²) < 4.78 is 0. The number of rotatable bonds is 3. The van der Waals surface area contributed by atoms with E-state index in [0.717, 1.165) is 23.0 Å². The molecule has 7 heteroatoms. The van der Waals surface area contributed by atoms with Crippen LogP contribution in [0.3, 0.4) is 0 Å². The van der Waals surface area contributed by atoms with Gasteiger partial charge in [-0.3, -0.25) is 10.1 Å². The third kappa shape index (κ3) is 3.96. The topological polar surface area (TPSA) is 94.9 Å². The van der Waals surface area contributed by atoms with Crippen LogP contribution in [-0.2, 0) is 4.79 Å². The number of aryl methyl sites for hydroxylation is 2. The van der Waals surface area contributed by atoms with E-state index in [9.17, 15) is 9.59 Å². The molecule has 3 amide bonds. The SMILES string of the molecule is CNC(=O)NC(=O)[C@@H](C)Sc1nc(C)cc(C)c1C#N. The molecule has 1 aromatic rings. The van der Waals surface area contributed by atoms with Crippen LogP contribution in [0.25, 0.3) is 0 Å². The van der Waals surface area contributed by atoms with Gasteiger partial charge in [-0.15, -0.1) is 0 Å². The smallest absolute Gasteiger partial charge is 0.321 e. The van der Waals surface area contributed by atoms with Gasteiger partial charge < -0.3 is 5.32 Å². The number of hydrogen-bond acceptors (Lipinski definition) is 5. The predicted octanol–water partition coefficient (Wildman–Crippen LogP) is 1.51. The Bertz CT molecular complexity index is 580. The van der Waals surface area contributed by atoms with Gasteiger partial charge in [-0.1, -0.05) is 11.8 Å². The zero-order valence-corrected chi connectivity index (χ0v) is 12.6. The van der Waals surface area contributed by atoms with Crippen molar-refractivity contribution < 1.29 is 9.59 Å². The lowest BCUT2D eigenvalue weighted by molar-refractivity contribution is -0.119. The second-order valence-electron chi connectivity index (χ2n) is 4.20. The van der Waals surface area contributed by atoms with Crippen molar-refractivity contribution in [2.45, 2.75) is 31.0 Å². The highest BCUT2D eigenvalue weighted by atomic mass is 32.2. The molecule has 20 heavy (non-hydrogen) atoms. The highest BCUT2D eigenvalue weighted by molar-refractivity contribution is 8.00. The summed E-state index contributed by atoms with van der Waals surface area (Å²) in [5, 5.41) is 13.6. The first-order chi connectivity index (χ1) is 9.38. The highest BCUT2D eigenvalue weighted by Gasteiger charge is 2.20. The van der Waals surface area contributed by atoms with E-state index >= 15 is 0 Å². The quantitative estimate of drug-likeness (QED) is 0.823. The lowest BCUT2D eigenvalue weighted by atomic mass is 10.1. The fourth-order valence-corrected chi connectivity index (χ4v) is 2.54. The molecule has 0 aromatic carbocycles. The van der Waals surface area contributed by atoms with E-state index in [1.807, 2.05) is 19.9 Å². The monoisotopic (exact) mass is 292 g/mol. The molecule has 0 bridgehead atoms. The molecule has 1 aromatic heterocycles. The zero-order valence-electron chi connectivity index (χ0n) is 11.8. The van der Waals surface area contributed by atoms with Crippen molar-refractivity contribution in [1.29, 1.82) is 5.26 Å². The van der Waals surface area contributed by atoms with Gasteiger partial charge in [0, 0.05) is 12.7 Å². The molecular formula is C13H16N4O2S. The number of amides is 3. The summed E-state index contributed by atoms with van der Waals surface area (Å²) in [7, 11) is 1.43. The molecule has 1 rings (SSSR count). The molecule has 0 aliphatic carbocycles. The van der Waals surface area contributed by atoms with Gasteiger partial charge in [-0.2, -0.15) is 5.26 Å². The molecule has 0 aliphatic heterocycles. The number of nitriles is 1. The number of pyridine rings is 1. The maximum absolute atomic E-state index is 11.8. The molecule has 0 fully saturated rings. The van der Waals surface area contributed by atoms with Crippen molar-refractivity contribution in [3.63, 3.8) is 0 Å². The van der Waals surface area contributed by atoms with Crippen molar-refractivity contribution in [2.75, 3.05) is 7.05 Å².